The number of aliphatic hydroxyl groups excluding tert-OH is 1. The van der Waals surface area contributed by atoms with Crippen LogP contribution in [0.1, 0.15) is 82.9 Å². The minimum Gasteiger partial charge on any atom is -0.481 e. The molecule has 0 aliphatic rings. The minimum absolute atomic E-state index is 0.0105. The molecule has 0 bridgehead atoms. The molecule has 0 aliphatic carbocycles. The number of esters is 1. The smallest absolute Gasteiger partial charge is 0.339 e. The molecule has 0 saturated carbocycles. The predicted octanol–water partition coefficient (Wildman–Crippen LogP) is 6.45. The second-order valence-corrected chi connectivity index (χ2v) is 13.6. The molecule has 2 amide bonds. The number of pyridine rings is 1. The van der Waals surface area contributed by atoms with Gasteiger partial charge in [-0.05, 0) is 78.3 Å². The molecule has 0 atom stereocenters. The highest BCUT2D eigenvalue weighted by atomic mass is 16.5. The molecule has 4 aromatic rings. The number of nitrogens with zero attached hydrogens (tertiary/aromatic N) is 1. The molecule has 268 valence electrons. The van der Waals surface area contributed by atoms with Crippen LogP contribution in [-0.4, -0.2) is 54.0 Å². The van der Waals surface area contributed by atoms with Crippen LogP contribution in [0.15, 0.2) is 84.9 Å². The van der Waals surface area contributed by atoms with Crippen LogP contribution in [0.5, 0.6) is 5.88 Å². The SMILES string of the molecule is COc1ccc(-c2ccc(C(=O)NCC(CO)(CC(C)C)CC(C)C)cc2C(=O)OCc2ccccc2)c(C(=O)Nc2ccc(C(=N)N)cc2)n1. The standard InChI is InChI=1S/C40H47N5O6/c1-25(2)20-40(24-46,21-26(3)4)23-43-37(47)29-13-16-31(33(19-29)39(49)51-22-27-9-7-6-8-10-27)32-17-18-34(50-5)45-35(32)38(48)44-30-14-11-28(12-15-30)36(41)42/h6-19,25-26,46H,20-24H2,1-5H3,(H3,41,42)(H,43,47)(H,44,48). The molecule has 1 heterocycles. The van der Waals surface area contributed by atoms with Gasteiger partial charge in [0.2, 0.25) is 5.88 Å². The molecule has 1 aromatic heterocycles. The van der Waals surface area contributed by atoms with Crippen LogP contribution < -0.4 is 21.1 Å². The zero-order valence-electron chi connectivity index (χ0n) is 29.8. The van der Waals surface area contributed by atoms with E-state index in [1.165, 1.54) is 13.2 Å². The highest BCUT2D eigenvalue weighted by Crippen LogP contribution is 2.34. The fourth-order valence-electron chi connectivity index (χ4n) is 6.27. The van der Waals surface area contributed by atoms with Crippen molar-refractivity contribution in [2.45, 2.75) is 47.1 Å². The molecule has 3 aromatic carbocycles. The van der Waals surface area contributed by atoms with Crippen molar-refractivity contribution in [1.29, 1.82) is 5.41 Å². The fraction of sp³-hybridized carbons (Fsp3) is 0.325. The van der Waals surface area contributed by atoms with Gasteiger partial charge in [0.25, 0.3) is 11.8 Å². The Bertz CT molecular complexity index is 1830. The molecule has 51 heavy (non-hydrogen) atoms. The Morgan fingerprint density at radius 2 is 1.49 bits per heavy atom. The van der Waals surface area contributed by atoms with E-state index in [1.807, 2.05) is 30.3 Å². The topological polar surface area (TPSA) is 177 Å². The fourth-order valence-corrected chi connectivity index (χ4v) is 6.27. The van der Waals surface area contributed by atoms with E-state index < -0.39 is 23.2 Å². The molecule has 4 rings (SSSR count). The number of aliphatic hydroxyl groups is 1. The number of hydrogen-bond acceptors (Lipinski definition) is 8. The highest BCUT2D eigenvalue weighted by Gasteiger charge is 2.32. The number of ether oxygens (including phenoxy) is 2. The quantitative estimate of drug-likeness (QED) is 0.0505. The molecule has 0 unspecified atom stereocenters. The van der Waals surface area contributed by atoms with E-state index in [0.717, 1.165) is 18.4 Å². The number of nitrogens with one attached hydrogen (secondary N) is 3. The molecule has 0 radical (unpaired) electrons. The predicted molar refractivity (Wildman–Crippen MR) is 198 cm³/mol. The number of hydrogen-bond donors (Lipinski definition) is 5. The Morgan fingerprint density at radius 3 is 2.08 bits per heavy atom. The van der Waals surface area contributed by atoms with Gasteiger partial charge in [-0.3, -0.25) is 15.0 Å². The number of nitrogen functional groups attached to an aromatic ring is 1. The number of benzene rings is 3. The number of amides is 2. The Balaban J connectivity index is 1.73. The second kappa shape index (κ2) is 17.4. The number of aromatic nitrogens is 1. The number of nitrogens with two attached hydrogens (primary N) is 1. The first-order valence-electron chi connectivity index (χ1n) is 16.9. The van der Waals surface area contributed by atoms with Crippen molar-refractivity contribution in [2.75, 3.05) is 25.6 Å². The lowest BCUT2D eigenvalue weighted by Crippen LogP contribution is -2.42. The van der Waals surface area contributed by atoms with E-state index in [-0.39, 0.29) is 48.3 Å². The third-order valence-electron chi connectivity index (χ3n) is 8.39. The van der Waals surface area contributed by atoms with Gasteiger partial charge in [-0.1, -0.05) is 64.1 Å². The summed E-state index contributed by atoms with van der Waals surface area (Å²) in [5, 5.41) is 23.9. The summed E-state index contributed by atoms with van der Waals surface area (Å²) in [6.07, 6.45) is 1.46. The largest absolute Gasteiger partial charge is 0.481 e. The maximum atomic E-state index is 13.8. The molecular weight excluding hydrogens is 646 g/mol. The van der Waals surface area contributed by atoms with Crippen molar-refractivity contribution in [3.8, 4) is 17.0 Å². The van der Waals surface area contributed by atoms with Crippen molar-refractivity contribution >= 4 is 29.3 Å². The number of rotatable bonds is 16. The molecule has 0 spiro atoms. The Hall–Kier alpha value is -5.55. The monoisotopic (exact) mass is 693 g/mol. The van der Waals surface area contributed by atoms with Gasteiger partial charge in [0.1, 0.15) is 18.1 Å². The van der Waals surface area contributed by atoms with Crippen molar-refractivity contribution in [1.82, 2.24) is 10.3 Å². The van der Waals surface area contributed by atoms with Crippen LogP contribution in [0.2, 0.25) is 0 Å². The molecule has 0 aliphatic heterocycles. The minimum atomic E-state index is -0.699. The second-order valence-electron chi connectivity index (χ2n) is 13.6. The summed E-state index contributed by atoms with van der Waals surface area (Å²) in [5.41, 5.74) is 7.64. The lowest BCUT2D eigenvalue weighted by Gasteiger charge is -2.35. The van der Waals surface area contributed by atoms with Crippen molar-refractivity contribution in [2.24, 2.45) is 23.0 Å². The van der Waals surface area contributed by atoms with Gasteiger partial charge < -0.3 is 30.9 Å². The van der Waals surface area contributed by atoms with E-state index in [4.69, 9.17) is 20.6 Å². The summed E-state index contributed by atoms with van der Waals surface area (Å²) >= 11 is 0. The number of carbonyl (C=O) groups is 3. The number of amidine groups is 1. The average Bonchev–Trinajstić information content (AvgIpc) is 3.12. The number of methoxy groups -OCH3 is 1. The summed E-state index contributed by atoms with van der Waals surface area (Å²) in [7, 11) is 1.43. The van der Waals surface area contributed by atoms with Crippen LogP contribution >= 0.6 is 0 Å². The summed E-state index contributed by atoms with van der Waals surface area (Å²) in [4.78, 5) is 45.6. The van der Waals surface area contributed by atoms with Gasteiger partial charge >= 0.3 is 5.97 Å². The van der Waals surface area contributed by atoms with Crippen molar-refractivity contribution in [3.63, 3.8) is 0 Å². The molecule has 11 nitrogen and oxygen atoms in total. The van der Waals surface area contributed by atoms with Crippen molar-refractivity contribution < 1.29 is 29.0 Å². The molecule has 6 N–H and O–H groups in total. The lowest BCUT2D eigenvalue weighted by molar-refractivity contribution is 0.0473. The van der Waals surface area contributed by atoms with Gasteiger partial charge in [0, 0.05) is 40.4 Å². The van der Waals surface area contributed by atoms with Gasteiger partial charge in [0.05, 0.1) is 19.3 Å². The third-order valence-corrected chi connectivity index (χ3v) is 8.39. The summed E-state index contributed by atoms with van der Waals surface area (Å²) < 4.78 is 11.0. The van der Waals surface area contributed by atoms with Gasteiger partial charge in [-0.2, -0.15) is 0 Å². The summed E-state index contributed by atoms with van der Waals surface area (Å²) in [5.74, 6) is -1.01. The van der Waals surface area contributed by atoms with E-state index in [0.29, 0.717) is 34.2 Å². The van der Waals surface area contributed by atoms with E-state index >= 15 is 0 Å². The third kappa shape index (κ3) is 10.2. The zero-order valence-corrected chi connectivity index (χ0v) is 29.8. The van der Waals surface area contributed by atoms with Gasteiger partial charge in [-0.25, -0.2) is 9.78 Å². The summed E-state index contributed by atoms with van der Waals surface area (Å²) in [6, 6.07) is 23.5. The first-order valence-corrected chi connectivity index (χ1v) is 16.9. The van der Waals surface area contributed by atoms with Crippen LogP contribution in [0.25, 0.3) is 11.1 Å². The van der Waals surface area contributed by atoms with Gasteiger partial charge in [0.15, 0.2) is 0 Å². The maximum absolute atomic E-state index is 13.8. The van der Waals surface area contributed by atoms with Gasteiger partial charge in [-0.15, -0.1) is 0 Å². The van der Waals surface area contributed by atoms with E-state index in [9.17, 15) is 19.5 Å². The normalized spacial score (nSPS) is 11.3. The Morgan fingerprint density at radius 1 is 0.863 bits per heavy atom. The maximum Gasteiger partial charge on any atom is 0.339 e. The lowest BCUT2D eigenvalue weighted by atomic mass is 9.74. The number of anilines is 1. The molecule has 11 heteroatoms. The molecule has 0 saturated heterocycles. The molecule has 0 fully saturated rings. The van der Waals surface area contributed by atoms with Crippen LogP contribution in [0.4, 0.5) is 5.69 Å². The first-order chi connectivity index (χ1) is 24.3. The Labute approximate surface area is 299 Å². The molecular formula is C40H47N5O6. The Kier molecular flexibility index (Phi) is 13.1. The van der Waals surface area contributed by atoms with E-state index in [2.05, 4.69) is 43.3 Å². The number of carbonyl (C=O) groups excluding carboxylic acids is 3. The van der Waals surface area contributed by atoms with E-state index in [1.54, 1.807) is 48.5 Å². The van der Waals surface area contributed by atoms with Crippen molar-refractivity contribution in [3.05, 3.63) is 113 Å². The van der Waals surface area contributed by atoms with Crippen LogP contribution in [0, 0.1) is 22.7 Å². The summed E-state index contributed by atoms with van der Waals surface area (Å²) in [6.45, 7) is 8.53. The van der Waals surface area contributed by atoms with Crippen LogP contribution in [-0.2, 0) is 11.3 Å². The highest BCUT2D eigenvalue weighted by molar-refractivity contribution is 6.10. The first kappa shape index (κ1) is 38.3. The average molecular weight is 694 g/mol. The van der Waals surface area contributed by atoms with Crippen LogP contribution in [0.3, 0.4) is 0 Å². The zero-order chi connectivity index (χ0) is 37.1.